The maximum absolute atomic E-state index is 13.0. The van der Waals surface area contributed by atoms with Gasteiger partial charge in [0.1, 0.15) is 17.2 Å². The van der Waals surface area contributed by atoms with Gasteiger partial charge in [-0.15, -0.1) is 0 Å². The van der Waals surface area contributed by atoms with Crippen LogP contribution in [0.25, 0.3) is 0 Å². The standard InChI is InChI=1S/C25H26N4O5/c1-32-21-14-18(15-22(16-21)33-2)24(31)29-12-8-17(9-13-29)23(30)28-19-4-6-20(7-5-19)34-25-26-10-3-11-27-25/h3-7,10-11,14-17H,8-9,12-13H2,1-2H3,(H,28,30). The van der Waals surface area contributed by atoms with Crippen LogP contribution in [-0.4, -0.2) is 54.0 Å². The molecule has 0 saturated carbocycles. The van der Waals surface area contributed by atoms with Crippen LogP contribution in [0.15, 0.2) is 60.9 Å². The first-order valence-electron chi connectivity index (χ1n) is 10.9. The summed E-state index contributed by atoms with van der Waals surface area (Å²) in [5.74, 6) is 1.36. The highest BCUT2D eigenvalue weighted by molar-refractivity contribution is 5.96. The molecule has 1 N–H and O–H groups in total. The van der Waals surface area contributed by atoms with Crippen molar-refractivity contribution in [2.24, 2.45) is 5.92 Å². The first kappa shape index (κ1) is 23.0. The SMILES string of the molecule is COc1cc(OC)cc(C(=O)N2CCC(C(=O)Nc3ccc(Oc4ncccn4)cc3)CC2)c1. The summed E-state index contributed by atoms with van der Waals surface area (Å²) < 4.78 is 16.1. The maximum atomic E-state index is 13.0. The molecule has 4 rings (SSSR count). The largest absolute Gasteiger partial charge is 0.497 e. The van der Waals surface area contributed by atoms with E-state index >= 15 is 0 Å². The van der Waals surface area contributed by atoms with E-state index in [1.165, 1.54) is 0 Å². The van der Waals surface area contributed by atoms with Gasteiger partial charge < -0.3 is 24.4 Å². The number of ether oxygens (including phenoxy) is 3. The van der Waals surface area contributed by atoms with E-state index in [0.29, 0.717) is 54.4 Å². The van der Waals surface area contributed by atoms with Crippen molar-refractivity contribution < 1.29 is 23.8 Å². The zero-order chi connectivity index (χ0) is 23.9. The van der Waals surface area contributed by atoms with Crippen molar-refractivity contribution in [3.8, 4) is 23.3 Å². The summed E-state index contributed by atoms with van der Waals surface area (Å²) in [6.07, 6.45) is 4.38. The van der Waals surface area contributed by atoms with Crippen LogP contribution < -0.4 is 19.5 Å². The van der Waals surface area contributed by atoms with E-state index in [2.05, 4.69) is 15.3 Å². The smallest absolute Gasteiger partial charge is 0.321 e. The number of rotatable bonds is 7. The molecule has 0 radical (unpaired) electrons. The van der Waals surface area contributed by atoms with Gasteiger partial charge in [-0.05, 0) is 55.3 Å². The Kier molecular flexibility index (Phi) is 7.22. The Bertz CT molecular complexity index is 1110. The second-order valence-electron chi connectivity index (χ2n) is 7.81. The molecule has 2 aromatic carbocycles. The summed E-state index contributed by atoms with van der Waals surface area (Å²) in [5, 5.41) is 2.95. The lowest BCUT2D eigenvalue weighted by Crippen LogP contribution is -2.41. The van der Waals surface area contributed by atoms with Crippen molar-refractivity contribution in [1.29, 1.82) is 0 Å². The van der Waals surface area contributed by atoms with Gasteiger partial charge in [0.25, 0.3) is 5.91 Å². The number of piperidine rings is 1. The zero-order valence-corrected chi connectivity index (χ0v) is 19.1. The number of methoxy groups -OCH3 is 2. The summed E-state index contributed by atoms with van der Waals surface area (Å²) in [7, 11) is 3.09. The number of amides is 2. The summed E-state index contributed by atoms with van der Waals surface area (Å²) in [4.78, 5) is 35.5. The Hall–Kier alpha value is -4.14. The Balaban J connectivity index is 1.30. The molecule has 3 aromatic rings. The molecule has 9 heteroatoms. The number of benzene rings is 2. The number of hydrogen-bond acceptors (Lipinski definition) is 7. The van der Waals surface area contributed by atoms with E-state index in [4.69, 9.17) is 14.2 Å². The Morgan fingerprint density at radius 1 is 0.912 bits per heavy atom. The van der Waals surface area contributed by atoms with E-state index in [0.717, 1.165) is 0 Å². The lowest BCUT2D eigenvalue weighted by atomic mass is 9.95. The summed E-state index contributed by atoms with van der Waals surface area (Å²) in [5.41, 5.74) is 1.18. The Labute approximate surface area is 197 Å². The van der Waals surface area contributed by atoms with Crippen LogP contribution in [0, 0.1) is 5.92 Å². The third-order valence-corrected chi connectivity index (χ3v) is 5.62. The number of carbonyl (C=O) groups is 2. The minimum absolute atomic E-state index is 0.0600. The number of anilines is 1. The number of nitrogens with zero attached hydrogens (tertiary/aromatic N) is 3. The van der Waals surface area contributed by atoms with Crippen LogP contribution in [0.4, 0.5) is 5.69 Å². The number of aromatic nitrogens is 2. The molecule has 1 aliphatic rings. The summed E-state index contributed by atoms with van der Waals surface area (Å²) in [6, 6.07) is 14.1. The van der Waals surface area contributed by atoms with E-state index in [-0.39, 0.29) is 23.7 Å². The monoisotopic (exact) mass is 462 g/mol. The predicted octanol–water partition coefficient (Wildman–Crippen LogP) is 3.78. The van der Waals surface area contributed by atoms with Gasteiger partial charge >= 0.3 is 6.01 Å². The molecule has 2 amide bonds. The summed E-state index contributed by atoms with van der Waals surface area (Å²) >= 11 is 0. The van der Waals surface area contributed by atoms with Crippen LogP contribution in [0.2, 0.25) is 0 Å². The van der Waals surface area contributed by atoms with Crippen LogP contribution in [0.3, 0.4) is 0 Å². The highest BCUT2D eigenvalue weighted by Gasteiger charge is 2.28. The van der Waals surface area contributed by atoms with Crippen molar-refractivity contribution in [2.45, 2.75) is 12.8 Å². The topological polar surface area (TPSA) is 103 Å². The average Bonchev–Trinajstić information content (AvgIpc) is 2.89. The second kappa shape index (κ2) is 10.7. The number of likely N-dealkylation sites (tertiary alicyclic amines) is 1. The third kappa shape index (κ3) is 5.61. The lowest BCUT2D eigenvalue weighted by Gasteiger charge is -2.31. The molecular weight excluding hydrogens is 436 g/mol. The predicted molar refractivity (Wildman–Crippen MR) is 125 cm³/mol. The van der Waals surface area contributed by atoms with Gasteiger partial charge in [0.05, 0.1) is 14.2 Å². The van der Waals surface area contributed by atoms with Crippen molar-refractivity contribution in [1.82, 2.24) is 14.9 Å². The number of hydrogen-bond donors (Lipinski definition) is 1. The molecule has 176 valence electrons. The van der Waals surface area contributed by atoms with Crippen LogP contribution in [-0.2, 0) is 4.79 Å². The molecule has 0 unspecified atom stereocenters. The Morgan fingerprint density at radius 2 is 1.53 bits per heavy atom. The minimum atomic E-state index is -0.169. The van der Waals surface area contributed by atoms with Gasteiger partial charge in [0.15, 0.2) is 0 Å². The first-order valence-corrected chi connectivity index (χ1v) is 10.9. The molecule has 1 aromatic heterocycles. The van der Waals surface area contributed by atoms with Gasteiger partial charge in [0.2, 0.25) is 5.91 Å². The van der Waals surface area contributed by atoms with E-state index in [1.807, 2.05) is 0 Å². The zero-order valence-electron chi connectivity index (χ0n) is 19.1. The van der Waals surface area contributed by atoms with Crippen LogP contribution >= 0.6 is 0 Å². The maximum Gasteiger partial charge on any atom is 0.321 e. The van der Waals surface area contributed by atoms with Crippen molar-refractivity contribution in [2.75, 3.05) is 32.6 Å². The fourth-order valence-electron chi connectivity index (χ4n) is 3.75. The number of nitrogens with one attached hydrogen (secondary N) is 1. The van der Waals surface area contributed by atoms with Crippen molar-refractivity contribution >= 4 is 17.5 Å². The van der Waals surface area contributed by atoms with Gasteiger partial charge in [0, 0.05) is 48.7 Å². The van der Waals surface area contributed by atoms with Crippen LogP contribution in [0.5, 0.6) is 23.3 Å². The van der Waals surface area contributed by atoms with Gasteiger partial charge in [-0.25, -0.2) is 9.97 Å². The Morgan fingerprint density at radius 3 is 2.12 bits per heavy atom. The molecule has 9 nitrogen and oxygen atoms in total. The van der Waals surface area contributed by atoms with Gasteiger partial charge in [-0.3, -0.25) is 9.59 Å². The fraction of sp³-hybridized carbons (Fsp3) is 0.280. The fourth-order valence-corrected chi connectivity index (χ4v) is 3.75. The summed E-state index contributed by atoms with van der Waals surface area (Å²) in [6.45, 7) is 1.00. The molecule has 0 spiro atoms. The number of carbonyl (C=O) groups excluding carboxylic acids is 2. The second-order valence-corrected chi connectivity index (χ2v) is 7.81. The highest BCUT2D eigenvalue weighted by atomic mass is 16.5. The van der Waals surface area contributed by atoms with Crippen molar-refractivity contribution in [3.63, 3.8) is 0 Å². The third-order valence-electron chi connectivity index (χ3n) is 5.62. The normalized spacial score (nSPS) is 13.8. The first-order chi connectivity index (χ1) is 16.6. The van der Waals surface area contributed by atoms with Gasteiger partial charge in [-0.1, -0.05) is 0 Å². The van der Waals surface area contributed by atoms with Crippen molar-refractivity contribution in [3.05, 3.63) is 66.5 Å². The highest BCUT2D eigenvalue weighted by Crippen LogP contribution is 2.26. The quantitative estimate of drug-likeness (QED) is 0.570. The molecule has 1 aliphatic heterocycles. The molecule has 0 atom stereocenters. The minimum Gasteiger partial charge on any atom is -0.497 e. The molecule has 0 bridgehead atoms. The lowest BCUT2D eigenvalue weighted by molar-refractivity contribution is -0.121. The average molecular weight is 463 g/mol. The molecule has 2 heterocycles. The van der Waals surface area contributed by atoms with Crippen LogP contribution in [0.1, 0.15) is 23.2 Å². The molecule has 1 saturated heterocycles. The van der Waals surface area contributed by atoms with E-state index in [9.17, 15) is 9.59 Å². The van der Waals surface area contributed by atoms with E-state index < -0.39 is 0 Å². The molecule has 0 aliphatic carbocycles. The van der Waals surface area contributed by atoms with Gasteiger partial charge in [-0.2, -0.15) is 0 Å². The molecular formula is C25H26N4O5. The molecule has 34 heavy (non-hydrogen) atoms. The van der Waals surface area contributed by atoms with E-state index in [1.54, 1.807) is 80.0 Å². The molecule has 1 fully saturated rings.